The van der Waals surface area contributed by atoms with Gasteiger partial charge in [-0.05, 0) is 23.4 Å². The molecule has 0 spiro atoms. The summed E-state index contributed by atoms with van der Waals surface area (Å²) in [5, 5.41) is 0. The van der Waals surface area contributed by atoms with Crippen molar-refractivity contribution in [3.63, 3.8) is 0 Å². The number of rotatable bonds is 4. The SMILES string of the molecule is CCSc1cccc(COC)c1. The van der Waals surface area contributed by atoms with Crippen LogP contribution in [0.1, 0.15) is 12.5 Å². The molecule has 66 valence electrons. The van der Waals surface area contributed by atoms with Crippen molar-refractivity contribution >= 4 is 11.8 Å². The Kier molecular flexibility index (Phi) is 4.19. The second-order valence-corrected chi connectivity index (χ2v) is 3.85. The standard InChI is InChI=1S/C10H14OS/c1-3-12-10-6-4-5-9(7-10)8-11-2/h4-7H,3,8H2,1-2H3. The molecule has 2 heteroatoms. The lowest BCUT2D eigenvalue weighted by Gasteiger charge is -2.02. The first-order chi connectivity index (χ1) is 5.86. The Balaban J connectivity index is 2.67. The van der Waals surface area contributed by atoms with Crippen molar-refractivity contribution in [3.8, 4) is 0 Å². The molecule has 0 aliphatic rings. The van der Waals surface area contributed by atoms with E-state index < -0.39 is 0 Å². The van der Waals surface area contributed by atoms with Crippen molar-refractivity contribution in [2.45, 2.75) is 18.4 Å². The molecule has 0 radical (unpaired) electrons. The predicted molar refractivity (Wildman–Crippen MR) is 53.6 cm³/mol. The molecule has 12 heavy (non-hydrogen) atoms. The van der Waals surface area contributed by atoms with Gasteiger partial charge in [0.25, 0.3) is 0 Å². The third kappa shape index (κ3) is 2.88. The van der Waals surface area contributed by atoms with Crippen molar-refractivity contribution in [2.75, 3.05) is 12.9 Å². The zero-order chi connectivity index (χ0) is 8.81. The van der Waals surface area contributed by atoms with Crippen molar-refractivity contribution in [1.29, 1.82) is 0 Å². The Morgan fingerprint density at radius 3 is 2.92 bits per heavy atom. The summed E-state index contributed by atoms with van der Waals surface area (Å²) in [5.74, 6) is 1.12. The highest BCUT2D eigenvalue weighted by Gasteiger charge is 1.94. The van der Waals surface area contributed by atoms with E-state index in [-0.39, 0.29) is 0 Å². The van der Waals surface area contributed by atoms with Gasteiger partial charge in [0, 0.05) is 12.0 Å². The Labute approximate surface area is 78.1 Å². The molecule has 0 N–H and O–H groups in total. The Bertz CT molecular complexity index is 214. The minimum atomic E-state index is 0.706. The molecule has 0 aromatic heterocycles. The highest BCUT2D eigenvalue weighted by Crippen LogP contribution is 2.18. The van der Waals surface area contributed by atoms with Gasteiger partial charge < -0.3 is 4.74 Å². The third-order valence-electron chi connectivity index (χ3n) is 1.52. The van der Waals surface area contributed by atoms with Gasteiger partial charge in [-0.3, -0.25) is 0 Å². The topological polar surface area (TPSA) is 9.23 Å². The fraction of sp³-hybridized carbons (Fsp3) is 0.400. The van der Waals surface area contributed by atoms with E-state index in [9.17, 15) is 0 Å². The van der Waals surface area contributed by atoms with Crippen LogP contribution in [0, 0.1) is 0 Å². The quantitative estimate of drug-likeness (QED) is 0.662. The Morgan fingerprint density at radius 2 is 2.25 bits per heavy atom. The van der Waals surface area contributed by atoms with Gasteiger partial charge in [0.05, 0.1) is 6.61 Å². The predicted octanol–water partition coefficient (Wildman–Crippen LogP) is 2.95. The summed E-state index contributed by atoms with van der Waals surface area (Å²) in [6, 6.07) is 8.47. The van der Waals surface area contributed by atoms with Crippen LogP contribution < -0.4 is 0 Å². The van der Waals surface area contributed by atoms with Crippen LogP contribution in [0.2, 0.25) is 0 Å². The molecular formula is C10H14OS. The lowest BCUT2D eigenvalue weighted by molar-refractivity contribution is 0.184. The van der Waals surface area contributed by atoms with Crippen molar-refractivity contribution in [2.24, 2.45) is 0 Å². The number of hydrogen-bond donors (Lipinski definition) is 0. The van der Waals surface area contributed by atoms with E-state index in [1.54, 1.807) is 7.11 Å². The first-order valence-corrected chi connectivity index (χ1v) is 5.06. The van der Waals surface area contributed by atoms with Crippen LogP contribution in [0.4, 0.5) is 0 Å². The minimum Gasteiger partial charge on any atom is -0.380 e. The second kappa shape index (κ2) is 5.22. The second-order valence-electron chi connectivity index (χ2n) is 2.51. The Hall–Kier alpha value is -0.470. The number of ether oxygens (including phenoxy) is 1. The molecule has 0 atom stereocenters. The molecule has 0 aliphatic heterocycles. The maximum atomic E-state index is 5.05. The third-order valence-corrected chi connectivity index (χ3v) is 2.40. The van der Waals surface area contributed by atoms with Crippen molar-refractivity contribution < 1.29 is 4.74 Å². The largest absolute Gasteiger partial charge is 0.380 e. The molecule has 0 heterocycles. The summed E-state index contributed by atoms with van der Waals surface area (Å²) in [6.07, 6.45) is 0. The molecule has 0 saturated carbocycles. The van der Waals surface area contributed by atoms with Gasteiger partial charge in [-0.2, -0.15) is 0 Å². The Morgan fingerprint density at radius 1 is 1.42 bits per heavy atom. The molecule has 0 bridgehead atoms. The summed E-state index contributed by atoms with van der Waals surface area (Å²) in [4.78, 5) is 1.33. The zero-order valence-electron chi connectivity index (χ0n) is 7.54. The molecule has 0 amide bonds. The first-order valence-electron chi connectivity index (χ1n) is 4.07. The van der Waals surface area contributed by atoms with Crippen LogP contribution >= 0.6 is 11.8 Å². The van der Waals surface area contributed by atoms with E-state index >= 15 is 0 Å². The number of benzene rings is 1. The summed E-state index contributed by atoms with van der Waals surface area (Å²) in [5.41, 5.74) is 1.25. The fourth-order valence-corrected chi connectivity index (χ4v) is 1.80. The summed E-state index contributed by atoms with van der Waals surface area (Å²) in [6.45, 7) is 2.87. The van der Waals surface area contributed by atoms with Crippen LogP contribution in [0.15, 0.2) is 29.2 Å². The number of methoxy groups -OCH3 is 1. The highest BCUT2D eigenvalue weighted by atomic mass is 32.2. The van der Waals surface area contributed by atoms with E-state index in [0.29, 0.717) is 6.61 Å². The summed E-state index contributed by atoms with van der Waals surface area (Å²) < 4.78 is 5.05. The van der Waals surface area contributed by atoms with E-state index in [1.165, 1.54) is 10.5 Å². The van der Waals surface area contributed by atoms with Gasteiger partial charge in [-0.1, -0.05) is 19.1 Å². The molecule has 1 rings (SSSR count). The van der Waals surface area contributed by atoms with Gasteiger partial charge in [-0.15, -0.1) is 11.8 Å². The van der Waals surface area contributed by atoms with Crippen LogP contribution in [0.3, 0.4) is 0 Å². The molecule has 0 saturated heterocycles. The normalized spacial score (nSPS) is 10.2. The highest BCUT2D eigenvalue weighted by molar-refractivity contribution is 7.99. The molecule has 1 aromatic rings. The lowest BCUT2D eigenvalue weighted by atomic mass is 10.2. The monoisotopic (exact) mass is 182 g/mol. The van der Waals surface area contributed by atoms with Gasteiger partial charge in [0.1, 0.15) is 0 Å². The van der Waals surface area contributed by atoms with E-state index in [1.807, 2.05) is 11.8 Å². The fourth-order valence-electron chi connectivity index (χ4n) is 1.06. The van der Waals surface area contributed by atoms with Gasteiger partial charge in [0.2, 0.25) is 0 Å². The zero-order valence-corrected chi connectivity index (χ0v) is 8.36. The molecule has 0 aliphatic carbocycles. The summed E-state index contributed by atoms with van der Waals surface area (Å²) >= 11 is 1.86. The van der Waals surface area contributed by atoms with Gasteiger partial charge >= 0.3 is 0 Å². The van der Waals surface area contributed by atoms with Gasteiger partial charge in [-0.25, -0.2) is 0 Å². The maximum Gasteiger partial charge on any atom is 0.0713 e. The number of thioether (sulfide) groups is 1. The smallest absolute Gasteiger partial charge is 0.0713 e. The van der Waals surface area contributed by atoms with Crippen LogP contribution in [-0.4, -0.2) is 12.9 Å². The molecule has 1 aromatic carbocycles. The average Bonchev–Trinajstić information content (AvgIpc) is 2.06. The summed E-state index contributed by atoms with van der Waals surface area (Å²) in [7, 11) is 1.72. The first kappa shape index (κ1) is 9.62. The van der Waals surface area contributed by atoms with Gasteiger partial charge in [0.15, 0.2) is 0 Å². The van der Waals surface area contributed by atoms with Crippen molar-refractivity contribution in [1.82, 2.24) is 0 Å². The average molecular weight is 182 g/mol. The molecule has 0 unspecified atom stereocenters. The minimum absolute atomic E-state index is 0.706. The maximum absolute atomic E-state index is 5.05. The van der Waals surface area contributed by atoms with Crippen LogP contribution in [0.25, 0.3) is 0 Å². The van der Waals surface area contributed by atoms with Crippen LogP contribution in [-0.2, 0) is 11.3 Å². The molecule has 1 nitrogen and oxygen atoms in total. The van der Waals surface area contributed by atoms with Crippen molar-refractivity contribution in [3.05, 3.63) is 29.8 Å². The van der Waals surface area contributed by atoms with E-state index in [0.717, 1.165) is 5.75 Å². The van der Waals surface area contributed by atoms with E-state index in [2.05, 4.69) is 31.2 Å². The lowest BCUT2D eigenvalue weighted by Crippen LogP contribution is -1.86. The van der Waals surface area contributed by atoms with E-state index in [4.69, 9.17) is 4.74 Å². The molecular weight excluding hydrogens is 168 g/mol. The molecule has 0 fully saturated rings. The van der Waals surface area contributed by atoms with Crippen LogP contribution in [0.5, 0.6) is 0 Å². The number of hydrogen-bond acceptors (Lipinski definition) is 2.